The Kier molecular flexibility index (Phi) is 10.9. The summed E-state index contributed by atoms with van der Waals surface area (Å²) in [5, 5.41) is 10.7. The number of carbonyl (C=O) groups is 2. The number of hydrogen-bond donors (Lipinski definition) is 2. The molecule has 0 radical (unpaired) electrons. The molecule has 1 saturated carbocycles. The standard InChI is InChI=1S/C30H42F2N4O3S/c1-30(31,32)15-7-17-39-24-11-6-10-22(18-24)12-13-23-19-25-27(29(38)33-23)28(34-26(37)20-40-2)35-36(25)16-14-21-8-4-3-5-9-21/h6,10-11,18,21,23H,3-5,7-9,12-17,19-20H2,1-2H3,(H,33,38)(H,34,35,37)/t23-/m0/s1. The van der Waals surface area contributed by atoms with Gasteiger partial charge in [-0.05, 0) is 62.5 Å². The van der Waals surface area contributed by atoms with Crippen LogP contribution in [0.25, 0.3) is 0 Å². The minimum Gasteiger partial charge on any atom is -0.494 e. The molecule has 1 fully saturated rings. The predicted octanol–water partition coefficient (Wildman–Crippen LogP) is 6.26. The number of ether oxygens (including phenoxy) is 1. The summed E-state index contributed by atoms with van der Waals surface area (Å²) in [6, 6.07) is 7.63. The monoisotopic (exact) mass is 576 g/mol. The molecular formula is C30H42F2N4O3S. The minimum atomic E-state index is -2.68. The highest BCUT2D eigenvalue weighted by atomic mass is 32.2. The van der Waals surface area contributed by atoms with Crippen LogP contribution < -0.4 is 15.4 Å². The van der Waals surface area contributed by atoms with E-state index < -0.39 is 5.92 Å². The fourth-order valence-electron chi connectivity index (χ4n) is 5.72. The number of nitrogens with one attached hydrogen (secondary N) is 2. The zero-order valence-corrected chi connectivity index (χ0v) is 24.5. The molecule has 2 N–H and O–H groups in total. The molecule has 1 aromatic carbocycles. The van der Waals surface area contributed by atoms with Gasteiger partial charge in [-0.3, -0.25) is 14.3 Å². The van der Waals surface area contributed by atoms with E-state index in [0.29, 0.717) is 41.6 Å². The van der Waals surface area contributed by atoms with E-state index in [4.69, 9.17) is 9.84 Å². The van der Waals surface area contributed by atoms with Gasteiger partial charge in [-0.1, -0.05) is 44.2 Å². The van der Waals surface area contributed by atoms with Crippen molar-refractivity contribution in [3.8, 4) is 5.75 Å². The van der Waals surface area contributed by atoms with Gasteiger partial charge in [0.25, 0.3) is 5.91 Å². The van der Waals surface area contributed by atoms with Gasteiger partial charge >= 0.3 is 0 Å². The molecular weight excluding hydrogens is 534 g/mol. The molecule has 1 aromatic heterocycles. The maximum Gasteiger partial charge on any atom is 0.257 e. The molecule has 40 heavy (non-hydrogen) atoms. The average molecular weight is 577 g/mol. The van der Waals surface area contributed by atoms with Crippen LogP contribution in [0.3, 0.4) is 0 Å². The van der Waals surface area contributed by atoms with Crippen LogP contribution in [0.2, 0.25) is 0 Å². The normalized spacial score (nSPS) is 17.8. The Hall–Kier alpha value is -2.62. The van der Waals surface area contributed by atoms with Crippen molar-refractivity contribution in [2.24, 2.45) is 5.92 Å². The molecule has 0 bridgehead atoms. The van der Waals surface area contributed by atoms with Crippen molar-refractivity contribution in [1.29, 1.82) is 0 Å². The van der Waals surface area contributed by atoms with E-state index in [1.807, 2.05) is 35.2 Å². The molecule has 2 amide bonds. The molecule has 0 saturated heterocycles. The maximum absolute atomic E-state index is 13.3. The molecule has 220 valence electrons. The van der Waals surface area contributed by atoms with Crippen molar-refractivity contribution in [3.63, 3.8) is 0 Å². The first-order valence-electron chi connectivity index (χ1n) is 14.5. The molecule has 2 aliphatic rings. The van der Waals surface area contributed by atoms with E-state index in [1.165, 1.54) is 43.9 Å². The SMILES string of the molecule is CSCC(=O)Nc1nn(CCC2CCCCC2)c2c1C(=O)N[C@@H](CCc1cccc(OCCCC(C)(F)F)c1)C2. The Morgan fingerprint density at radius 3 is 2.80 bits per heavy atom. The summed E-state index contributed by atoms with van der Waals surface area (Å²) in [5.41, 5.74) is 2.45. The molecule has 2 aromatic rings. The van der Waals surface area contributed by atoms with Crippen LogP contribution in [0.5, 0.6) is 5.75 Å². The maximum atomic E-state index is 13.3. The summed E-state index contributed by atoms with van der Waals surface area (Å²) in [6.45, 7) is 1.91. The number of thioether (sulfide) groups is 1. The van der Waals surface area contributed by atoms with Gasteiger partial charge in [0.15, 0.2) is 5.82 Å². The Balaban J connectivity index is 1.40. The smallest absolute Gasteiger partial charge is 0.257 e. The highest BCUT2D eigenvalue weighted by Gasteiger charge is 2.32. The number of halogens is 2. The topological polar surface area (TPSA) is 85.2 Å². The van der Waals surface area contributed by atoms with Gasteiger partial charge in [-0.2, -0.15) is 16.9 Å². The molecule has 1 atom stereocenters. The number of aryl methyl sites for hydroxylation is 2. The summed E-state index contributed by atoms with van der Waals surface area (Å²) in [7, 11) is 0. The fourth-order valence-corrected chi connectivity index (χ4v) is 6.05. The van der Waals surface area contributed by atoms with Crippen molar-refractivity contribution >= 4 is 29.4 Å². The largest absolute Gasteiger partial charge is 0.494 e. The van der Waals surface area contributed by atoms with Crippen LogP contribution in [0.4, 0.5) is 14.6 Å². The number of anilines is 1. The van der Waals surface area contributed by atoms with Crippen molar-refractivity contribution in [1.82, 2.24) is 15.1 Å². The third-order valence-corrected chi connectivity index (χ3v) is 8.33. The number of benzene rings is 1. The number of nitrogens with zero attached hydrogens (tertiary/aromatic N) is 2. The van der Waals surface area contributed by atoms with Crippen molar-refractivity contribution < 1.29 is 23.1 Å². The lowest BCUT2D eigenvalue weighted by Gasteiger charge is -2.26. The van der Waals surface area contributed by atoms with Gasteiger partial charge in [-0.15, -0.1) is 0 Å². The van der Waals surface area contributed by atoms with E-state index >= 15 is 0 Å². The van der Waals surface area contributed by atoms with Gasteiger partial charge in [0.1, 0.15) is 11.3 Å². The summed E-state index contributed by atoms with van der Waals surface area (Å²) in [5.74, 6) is -1.02. The van der Waals surface area contributed by atoms with Gasteiger partial charge in [0.05, 0.1) is 18.1 Å². The number of fused-ring (bicyclic) bond motifs is 1. The Morgan fingerprint density at radius 2 is 2.05 bits per heavy atom. The lowest BCUT2D eigenvalue weighted by molar-refractivity contribution is -0.113. The molecule has 10 heteroatoms. The quantitative estimate of drug-likeness (QED) is 0.260. The number of alkyl halides is 2. The lowest BCUT2D eigenvalue weighted by Crippen LogP contribution is -2.42. The van der Waals surface area contributed by atoms with Gasteiger partial charge in [-0.25, -0.2) is 8.78 Å². The van der Waals surface area contributed by atoms with Gasteiger partial charge in [0.2, 0.25) is 11.8 Å². The first kappa shape index (κ1) is 30.3. The van der Waals surface area contributed by atoms with Crippen molar-refractivity contribution in [2.45, 2.75) is 96.1 Å². The van der Waals surface area contributed by atoms with E-state index in [-0.39, 0.29) is 30.9 Å². The van der Waals surface area contributed by atoms with Gasteiger partial charge < -0.3 is 15.4 Å². The number of amides is 2. The number of hydrogen-bond acceptors (Lipinski definition) is 5. The highest BCUT2D eigenvalue weighted by molar-refractivity contribution is 7.99. The summed E-state index contributed by atoms with van der Waals surface area (Å²) in [6.07, 6.45) is 11.5. The molecule has 0 unspecified atom stereocenters. The van der Waals surface area contributed by atoms with Gasteiger partial charge in [0, 0.05) is 25.4 Å². The third kappa shape index (κ3) is 8.94. The van der Waals surface area contributed by atoms with Crippen molar-refractivity contribution in [3.05, 3.63) is 41.1 Å². The third-order valence-electron chi connectivity index (χ3n) is 7.78. The van der Waals surface area contributed by atoms with Crippen LogP contribution in [0, 0.1) is 5.92 Å². The number of aromatic nitrogens is 2. The Labute approximate surface area is 240 Å². The zero-order chi connectivity index (χ0) is 28.5. The second kappa shape index (κ2) is 14.3. The fraction of sp³-hybridized carbons (Fsp3) is 0.633. The zero-order valence-electron chi connectivity index (χ0n) is 23.6. The predicted molar refractivity (Wildman–Crippen MR) is 156 cm³/mol. The number of carbonyl (C=O) groups excluding carboxylic acids is 2. The van der Waals surface area contributed by atoms with Crippen LogP contribution in [0.15, 0.2) is 24.3 Å². The average Bonchev–Trinajstić information content (AvgIpc) is 3.26. The van der Waals surface area contributed by atoms with E-state index in [2.05, 4.69) is 10.6 Å². The molecule has 1 aliphatic heterocycles. The van der Waals surface area contributed by atoms with Crippen molar-refractivity contribution in [2.75, 3.05) is 23.9 Å². The van der Waals surface area contributed by atoms with Crippen LogP contribution in [0.1, 0.15) is 86.3 Å². The number of rotatable bonds is 14. The summed E-state index contributed by atoms with van der Waals surface area (Å²) >= 11 is 1.43. The second-order valence-corrected chi connectivity index (χ2v) is 12.1. The van der Waals surface area contributed by atoms with Crippen LogP contribution in [-0.4, -0.2) is 52.2 Å². The molecule has 0 spiro atoms. The van der Waals surface area contributed by atoms with E-state index in [9.17, 15) is 18.4 Å². The highest BCUT2D eigenvalue weighted by Crippen LogP contribution is 2.30. The van der Waals surface area contributed by atoms with Crippen LogP contribution >= 0.6 is 11.8 Å². The van der Waals surface area contributed by atoms with E-state index in [0.717, 1.165) is 44.0 Å². The first-order valence-corrected chi connectivity index (χ1v) is 15.9. The molecule has 2 heterocycles. The first-order chi connectivity index (χ1) is 19.2. The minimum absolute atomic E-state index is 0.0590. The second-order valence-electron chi connectivity index (χ2n) is 11.3. The summed E-state index contributed by atoms with van der Waals surface area (Å²) < 4.78 is 33.7. The summed E-state index contributed by atoms with van der Waals surface area (Å²) in [4.78, 5) is 25.6. The Morgan fingerprint density at radius 1 is 1.25 bits per heavy atom. The lowest BCUT2D eigenvalue weighted by atomic mass is 9.87. The molecule has 7 nitrogen and oxygen atoms in total. The Bertz CT molecular complexity index is 1140. The molecule has 4 rings (SSSR count). The van der Waals surface area contributed by atoms with E-state index in [1.54, 1.807) is 0 Å². The van der Waals surface area contributed by atoms with Crippen LogP contribution in [-0.2, 0) is 24.2 Å². The molecule has 1 aliphatic carbocycles.